The number of hydrogen-bond donors (Lipinski definition) is 3. The normalized spacial score (nSPS) is 16.3. The fraction of sp³-hybridized carbons (Fsp3) is 0.261. The van der Waals surface area contributed by atoms with Gasteiger partial charge < -0.3 is 25.2 Å². The highest BCUT2D eigenvalue weighted by Gasteiger charge is 2.26. The number of carboxylic acid groups (broad SMARTS) is 1. The van der Waals surface area contributed by atoms with E-state index in [9.17, 15) is 15.0 Å². The van der Waals surface area contributed by atoms with Crippen LogP contribution in [0.25, 0.3) is 28.4 Å². The van der Waals surface area contributed by atoms with E-state index in [4.69, 9.17) is 9.72 Å². The Balaban J connectivity index is 1.75. The van der Waals surface area contributed by atoms with Crippen molar-refractivity contribution in [2.24, 2.45) is 0 Å². The van der Waals surface area contributed by atoms with E-state index < -0.39 is 6.09 Å². The van der Waals surface area contributed by atoms with Gasteiger partial charge in [0.15, 0.2) is 5.82 Å². The number of benzene rings is 2. The maximum Gasteiger partial charge on any atom is 0.407 e. The first-order chi connectivity index (χ1) is 15.0. The lowest BCUT2D eigenvalue weighted by atomic mass is 10.1. The summed E-state index contributed by atoms with van der Waals surface area (Å²) >= 11 is 0. The molecule has 1 aliphatic rings. The molecule has 0 aliphatic carbocycles. The average molecular weight is 420 g/mol. The zero-order valence-corrected chi connectivity index (χ0v) is 17.2. The number of anilines is 1. The van der Waals surface area contributed by atoms with Crippen LogP contribution >= 0.6 is 0 Å². The van der Waals surface area contributed by atoms with E-state index in [1.807, 2.05) is 36.4 Å². The van der Waals surface area contributed by atoms with Crippen LogP contribution in [0.4, 0.5) is 10.6 Å². The molecule has 31 heavy (non-hydrogen) atoms. The van der Waals surface area contributed by atoms with E-state index in [0.29, 0.717) is 43.3 Å². The molecule has 1 amide bonds. The third kappa shape index (κ3) is 4.59. The number of phenolic OH excluding ortho intramolecular Hbond substituents is 1. The number of phenols is 1. The number of nitrogens with zero attached hydrogens (tertiary/aromatic N) is 3. The number of aromatic nitrogens is 2. The molecule has 1 fully saturated rings. The molecule has 1 aliphatic heterocycles. The van der Waals surface area contributed by atoms with Gasteiger partial charge in [-0.3, -0.25) is 0 Å². The van der Waals surface area contributed by atoms with Gasteiger partial charge in [-0.15, -0.1) is 0 Å². The van der Waals surface area contributed by atoms with Gasteiger partial charge in [-0.05, 0) is 36.2 Å². The molecule has 0 radical (unpaired) electrons. The number of likely N-dealkylation sites (tertiary alicyclic amines) is 1. The molecule has 1 unspecified atom stereocenters. The largest absolute Gasteiger partial charge is 0.507 e. The van der Waals surface area contributed by atoms with Crippen LogP contribution < -0.4 is 5.32 Å². The van der Waals surface area contributed by atoms with Gasteiger partial charge >= 0.3 is 6.09 Å². The summed E-state index contributed by atoms with van der Waals surface area (Å²) in [6.07, 6.45) is 3.66. The number of fused-ring (bicyclic) bond motifs is 1. The summed E-state index contributed by atoms with van der Waals surface area (Å²) in [5.74, 6) is 1.12. The average Bonchev–Trinajstić information content (AvgIpc) is 3.23. The summed E-state index contributed by atoms with van der Waals surface area (Å²) < 4.78 is 5.06. The van der Waals surface area contributed by atoms with Crippen LogP contribution in [0.1, 0.15) is 12.0 Å². The Morgan fingerprint density at radius 2 is 2.13 bits per heavy atom. The zero-order valence-electron chi connectivity index (χ0n) is 17.2. The molecule has 8 nitrogen and oxygen atoms in total. The molecule has 3 aromatic rings. The lowest BCUT2D eigenvalue weighted by Gasteiger charge is -2.17. The van der Waals surface area contributed by atoms with Crippen molar-refractivity contribution in [1.29, 1.82) is 0 Å². The number of amides is 1. The van der Waals surface area contributed by atoms with Crippen LogP contribution in [0.5, 0.6) is 5.75 Å². The third-order valence-corrected chi connectivity index (χ3v) is 5.24. The molecular formula is C23H24N4O4. The van der Waals surface area contributed by atoms with Crippen LogP contribution in [0, 0.1) is 0 Å². The number of para-hydroxylation sites is 1. The lowest BCUT2D eigenvalue weighted by Crippen LogP contribution is -2.30. The van der Waals surface area contributed by atoms with Crippen molar-refractivity contribution < 1.29 is 19.7 Å². The number of carbonyl (C=O) groups is 1. The number of rotatable bonds is 6. The number of ether oxygens (including phenoxy) is 1. The molecule has 3 N–H and O–H groups in total. The number of hydrogen-bond acceptors (Lipinski definition) is 6. The molecular weight excluding hydrogens is 396 g/mol. The quantitative estimate of drug-likeness (QED) is 0.556. The molecule has 4 rings (SSSR count). The highest BCUT2D eigenvalue weighted by molar-refractivity contribution is 5.92. The Morgan fingerprint density at radius 1 is 1.29 bits per heavy atom. The van der Waals surface area contributed by atoms with Crippen molar-refractivity contribution >= 4 is 28.9 Å². The first-order valence-corrected chi connectivity index (χ1v) is 10.0. The fourth-order valence-corrected chi connectivity index (χ4v) is 3.67. The van der Waals surface area contributed by atoms with Gasteiger partial charge in [0, 0.05) is 31.6 Å². The minimum absolute atomic E-state index is 0.0484. The first-order valence-electron chi connectivity index (χ1n) is 10.0. The number of nitrogens with one attached hydrogen (secondary N) is 1. The second-order valence-corrected chi connectivity index (χ2v) is 7.41. The van der Waals surface area contributed by atoms with E-state index in [0.717, 1.165) is 16.5 Å². The zero-order chi connectivity index (χ0) is 21.8. The van der Waals surface area contributed by atoms with Gasteiger partial charge in [0.05, 0.1) is 17.7 Å². The summed E-state index contributed by atoms with van der Waals surface area (Å²) in [5.41, 5.74) is 2.23. The Labute approximate surface area is 179 Å². The topological polar surface area (TPSA) is 108 Å². The Hall–Kier alpha value is -3.65. The standard InChI is InChI=1S/C23H24N4O4/c1-31-12-4-5-15-8-9-17-19(13-15)25-22(18-6-2-3-7-20(18)28)26-21(17)24-16-10-11-27(14-16)23(29)30/h2-9,13,16,28H,10-12,14H2,1H3,(H,29,30)(H,24,25,26). The molecule has 8 heteroatoms. The van der Waals surface area contributed by atoms with Gasteiger partial charge in [0.2, 0.25) is 0 Å². The minimum atomic E-state index is -0.917. The van der Waals surface area contributed by atoms with Crippen molar-refractivity contribution in [3.63, 3.8) is 0 Å². The van der Waals surface area contributed by atoms with Gasteiger partial charge in [-0.1, -0.05) is 30.4 Å². The molecule has 0 spiro atoms. The van der Waals surface area contributed by atoms with Crippen LogP contribution in [0.2, 0.25) is 0 Å². The molecule has 1 atom stereocenters. The molecule has 2 heterocycles. The van der Waals surface area contributed by atoms with Gasteiger partial charge in [0.1, 0.15) is 11.6 Å². The predicted octanol–water partition coefficient (Wildman–Crippen LogP) is 3.83. The van der Waals surface area contributed by atoms with Crippen molar-refractivity contribution in [3.8, 4) is 17.1 Å². The van der Waals surface area contributed by atoms with E-state index in [2.05, 4.69) is 10.3 Å². The highest BCUT2D eigenvalue weighted by atomic mass is 16.5. The van der Waals surface area contributed by atoms with Crippen LogP contribution in [-0.4, -0.2) is 64.0 Å². The Morgan fingerprint density at radius 3 is 2.87 bits per heavy atom. The highest BCUT2D eigenvalue weighted by Crippen LogP contribution is 2.31. The van der Waals surface area contributed by atoms with Crippen LogP contribution in [0.15, 0.2) is 48.5 Å². The van der Waals surface area contributed by atoms with Crippen molar-refractivity contribution in [2.75, 3.05) is 32.1 Å². The Bertz CT molecular complexity index is 1130. The third-order valence-electron chi connectivity index (χ3n) is 5.24. The smallest absolute Gasteiger partial charge is 0.407 e. The van der Waals surface area contributed by atoms with E-state index in [1.54, 1.807) is 25.3 Å². The van der Waals surface area contributed by atoms with Crippen molar-refractivity contribution in [2.45, 2.75) is 12.5 Å². The van der Waals surface area contributed by atoms with Gasteiger partial charge in [-0.2, -0.15) is 0 Å². The molecule has 160 valence electrons. The number of aromatic hydroxyl groups is 1. The van der Waals surface area contributed by atoms with Crippen LogP contribution in [-0.2, 0) is 4.74 Å². The van der Waals surface area contributed by atoms with Gasteiger partial charge in [-0.25, -0.2) is 14.8 Å². The van der Waals surface area contributed by atoms with Crippen molar-refractivity contribution in [3.05, 3.63) is 54.1 Å². The maximum absolute atomic E-state index is 11.3. The maximum atomic E-state index is 11.3. The van der Waals surface area contributed by atoms with Crippen LogP contribution in [0.3, 0.4) is 0 Å². The SMILES string of the molecule is COCC=Cc1ccc2c(NC3CCN(C(=O)O)C3)nc(-c3ccccc3O)nc2c1. The summed E-state index contributed by atoms with van der Waals surface area (Å²) in [7, 11) is 1.64. The predicted molar refractivity (Wildman–Crippen MR) is 119 cm³/mol. The number of methoxy groups -OCH3 is 1. The summed E-state index contributed by atoms with van der Waals surface area (Å²) in [6, 6.07) is 12.8. The van der Waals surface area contributed by atoms with E-state index in [-0.39, 0.29) is 11.8 Å². The van der Waals surface area contributed by atoms with E-state index in [1.165, 1.54) is 4.90 Å². The molecule has 1 aromatic heterocycles. The summed E-state index contributed by atoms with van der Waals surface area (Å²) in [5, 5.41) is 23.8. The molecule has 0 bridgehead atoms. The van der Waals surface area contributed by atoms with Crippen molar-refractivity contribution in [1.82, 2.24) is 14.9 Å². The second kappa shape index (κ2) is 9.01. The molecule has 2 aromatic carbocycles. The monoisotopic (exact) mass is 420 g/mol. The van der Waals surface area contributed by atoms with E-state index >= 15 is 0 Å². The lowest BCUT2D eigenvalue weighted by molar-refractivity contribution is 0.155. The summed E-state index contributed by atoms with van der Waals surface area (Å²) in [4.78, 5) is 22.0. The first kappa shape index (κ1) is 20.6. The summed E-state index contributed by atoms with van der Waals surface area (Å²) in [6.45, 7) is 1.39. The fourth-order valence-electron chi connectivity index (χ4n) is 3.67. The Kier molecular flexibility index (Phi) is 5.99. The molecule has 0 saturated carbocycles. The minimum Gasteiger partial charge on any atom is -0.507 e. The van der Waals surface area contributed by atoms with Gasteiger partial charge in [0.25, 0.3) is 0 Å². The second-order valence-electron chi connectivity index (χ2n) is 7.41. The molecule has 1 saturated heterocycles.